The minimum atomic E-state index is -0.768. The molecule has 2 fully saturated rings. The first-order valence-corrected chi connectivity index (χ1v) is 8.51. The molecule has 1 heterocycles. The zero-order valence-corrected chi connectivity index (χ0v) is 14.9. The van der Waals surface area contributed by atoms with E-state index in [4.69, 9.17) is 5.11 Å². The second kappa shape index (κ2) is 9.84. The van der Waals surface area contributed by atoms with Gasteiger partial charge in [0.15, 0.2) is 0 Å². The molecule has 138 valence electrons. The summed E-state index contributed by atoms with van der Waals surface area (Å²) in [4.78, 5) is 36.6. The summed E-state index contributed by atoms with van der Waals surface area (Å²) in [5.41, 5.74) is 0. The first-order chi connectivity index (χ1) is 11.0. The Morgan fingerprint density at radius 1 is 1.08 bits per heavy atom. The highest BCUT2D eigenvalue weighted by molar-refractivity contribution is 5.95. The molecule has 0 aromatic heterocycles. The maximum atomic E-state index is 11.9. The molecule has 8 heteroatoms. The molecule has 0 bridgehead atoms. The van der Waals surface area contributed by atoms with Gasteiger partial charge in [0, 0.05) is 6.04 Å². The zero-order chi connectivity index (χ0) is 16.8. The number of nitrogens with zero attached hydrogens (tertiary/aromatic N) is 1. The smallest absolute Gasteiger partial charge is 0.321 e. The van der Waals surface area contributed by atoms with Gasteiger partial charge in [0.1, 0.15) is 0 Å². The first-order valence-electron chi connectivity index (χ1n) is 8.51. The highest BCUT2D eigenvalue weighted by Crippen LogP contribution is 2.23. The number of aliphatic carboxylic acids is 1. The molecule has 3 N–H and O–H groups in total. The Hall–Kier alpha value is -1.34. The van der Waals surface area contributed by atoms with E-state index in [0.717, 1.165) is 19.3 Å². The SMILES string of the molecule is CC1CCCCC1NC(=O)NC(=O)CN1CCC(C(=O)O)CC1.Cl. The molecule has 1 saturated carbocycles. The molecular formula is C16H28ClN3O4. The van der Waals surface area contributed by atoms with Crippen LogP contribution in [0.25, 0.3) is 0 Å². The quantitative estimate of drug-likeness (QED) is 0.706. The summed E-state index contributed by atoms with van der Waals surface area (Å²) in [5, 5.41) is 14.2. The number of carbonyl (C=O) groups is 3. The van der Waals surface area contributed by atoms with Gasteiger partial charge in [-0.25, -0.2) is 4.79 Å². The van der Waals surface area contributed by atoms with Crippen LogP contribution in [0.1, 0.15) is 45.4 Å². The molecule has 2 rings (SSSR count). The van der Waals surface area contributed by atoms with Crippen molar-refractivity contribution in [3.05, 3.63) is 0 Å². The third kappa shape index (κ3) is 6.28. The van der Waals surface area contributed by atoms with E-state index >= 15 is 0 Å². The molecule has 2 aliphatic rings. The standard InChI is InChI=1S/C16H27N3O4.ClH/c1-11-4-2-3-5-13(11)17-16(23)18-14(20)10-19-8-6-12(7-9-19)15(21)22;/h11-13H,2-10H2,1H3,(H,21,22)(H2,17,18,20,23);1H. The second-order valence-electron chi connectivity index (χ2n) is 6.78. The van der Waals surface area contributed by atoms with Gasteiger partial charge in [-0.05, 0) is 44.7 Å². The summed E-state index contributed by atoms with van der Waals surface area (Å²) in [7, 11) is 0. The van der Waals surface area contributed by atoms with Crippen LogP contribution >= 0.6 is 12.4 Å². The van der Waals surface area contributed by atoms with Crippen LogP contribution in [0.15, 0.2) is 0 Å². The van der Waals surface area contributed by atoms with E-state index in [1.807, 2.05) is 4.90 Å². The van der Waals surface area contributed by atoms with E-state index in [-0.39, 0.29) is 36.8 Å². The lowest BCUT2D eigenvalue weighted by Gasteiger charge is -2.30. The molecule has 2 unspecified atom stereocenters. The van der Waals surface area contributed by atoms with Gasteiger partial charge in [-0.15, -0.1) is 12.4 Å². The normalized spacial score (nSPS) is 25.4. The summed E-state index contributed by atoms with van der Waals surface area (Å²) >= 11 is 0. The van der Waals surface area contributed by atoms with Crippen LogP contribution in [0, 0.1) is 11.8 Å². The first kappa shape index (κ1) is 20.7. The van der Waals surface area contributed by atoms with Crippen LogP contribution < -0.4 is 10.6 Å². The van der Waals surface area contributed by atoms with E-state index in [9.17, 15) is 14.4 Å². The molecule has 7 nitrogen and oxygen atoms in total. The molecule has 1 aliphatic heterocycles. The van der Waals surface area contributed by atoms with Crippen molar-refractivity contribution in [1.29, 1.82) is 0 Å². The number of carboxylic acids is 1. The summed E-state index contributed by atoms with van der Waals surface area (Å²) in [6.07, 6.45) is 5.49. The van der Waals surface area contributed by atoms with Crippen molar-refractivity contribution in [1.82, 2.24) is 15.5 Å². The Morgan fingerprint density at radius 2 is 1.71 bits per heavy atom. The van der Waals surface area contributed by atoms with Crippen molar-refractivity contribution in [2.24, 2.45) is 11.8 Å². The molecule has 1 aliphatic carbocycles. The number of likely N-dealkylation sites (tertiary alicyclic amines) is 1. The number of carboxylic acid groups (broad SMARTS) is 1. The lowest BCUT2D eigenvalue weighted by Crippen LogP contribution is -2.50. The predicted octanol–water partition coefficient (Wildman–Crippen LogP) is 1.61. The predicted molar refractivity (Wildman–Crippen MR) is 92.1 cm³/mol. The summed E-state index contributed by atoms with van der Waals surface area (Å²) in [6.45, 7) is 3.41. The molecule has 3 amide bonds. The fraction of sp³-hybridized carbons (Fsp3) is 0.812. The van der Waals surface area contributed by atoms with Gasteiger partial charge in [-0.1, -0.05) is 19.8 Å². The van der Waals surface area contributed by atoms with Crippen LogP contribution in [0.2, 0.25) is 0 Å². The number of piperidine rings is 1. The van der Waals surface area contributed by atoms with Crippen LogP contribution in [-0.2, 0) is 9.59 Å². The average molecular weight is 362 g/mol. The molecule has 1 saturated heterocycles. The number of amides is 3. The van der Waals surface area contributed by atoms with Crippen molar-refractivity contribution in [2.75, 3.05) is 19.6 Å². The van der Waals surface area contributed by atoms with E-state index < -0.39 is 12.0 Å². The Labute approximate surface area is 148 Å². The van der Waals surface area contributed by atoms with Gasteiger partial charge in [-0.2, -0.15) is 0 Å². The Bertz CT molecular complexity index is 453. The Balaban J connectivity index is 0.00000288. The van der Waals surface area contributed by atoms with Crippen LogP contribution in [0.3, 0.4) is 0 Å². The van der Waals surface area contributed by atoms with Gasteiger partial charge in [0.25, 0.3) is 0 Å². The number of urea groups is 1. The average Bonchev–Trinajstić information content (AvgIpc) is 2.50. The summed E-state index contributed by atoms with van der Waals surface area (Å²) in [6, 6.07) is -0.281. The van der Waals surface area contributed by atoms with E-state index in [2.05, 4.69) is 17.6 Å². The van der Waals surface area contributed by atoms with Gasteiger partial charge in [0.05, 0.1) is 12.5 Å². The fourth-order valence-corrected chi connectivity index (χ4v) is 3.44. The maximum absolute atomic E-state index is 11.9. The topological polar surface area (TPSA) is 98.7 Å². The molecule has 2 atom stereocenters. The highest BCUT2D eigenvalue weighted by atomic mass is 35.5. The zero-order valence-electron chi connectivity index (χ0n) is 14.1. The van der Waals surface area contributed by atoms with E-state index in [0.29, 0.717) is 31.8 Å². The van der Waals surface area contributed by atoms with Gasteiger partial charge >= 0.3 is 12.0 Å². The highest BCUT2D eigenvalue weighted by Gasteiger charge is 2.26. The number of rotatable bonds is 4. The molecule has 0 aromatic rings. The van der Waals surface area contributed by atoms with Crippen molar-refractivity contribution >= 4 is 30.3 Å². The number of nitrogens with one attached hydrogen (secondary N) is 2. The van der Waals surface area contributed by atoms with E-state index in [1.165, 1.54) is 6.42 Å². The molecular weight excluding hydrogens is 334 g/mol. The van der Waals surface area contributed by atoms with Crippen LogP contribution in [-0.4, -0.2) is 53.6 Å². The van der Waals surface area contributed by atoms with Crippen molar-refractivity contribution in [3.63, 3.8) is 0 Å². The molecule has 24 heavy (non-hydrogen) atoms. The summed E-state index contributed by atoms with van der Waals surface area (Å²) in [5.74, 6) is -0.972. The van der Waals surface area contributed by atoms with Crippen molar-refractivity contribution in [2.45, 2.75) is 51.5 Å². The Kier molecular flexibility index (Phi) is 8.48. The van der Waals surface area contributed by atoms with Gasteiger partial charge in [-0.3, -0.25) is 19.8 Å². The van der Waals surface area contributed by atoms with Crippen molar-refractivity contribution < 1.29 is 19.5 Å². The maximum Gasteiger partial charge on any atom is 0.321 e. The number of halogens is 1. The monoisotopic (exact) mass is 361 g/mol. The summed E-state index contributed by atoms with van der Waals surface area (Å²) < 4.78 is 0. The largest absolute Gasteiger partial charge is 0.481 e. The third-order valence-electron chi connectivity index (χ3n) is 4.98. The second-order valence-corrected chi connectivity index (χ2v) is 6.78. The molecule has 0 aromatic carbocycles. The van der Waals surface area contributed by atoms with E-state index in [1.54, 1.807) is 0 Å². The van der Waals surface area contributed by atoms with Gasteiger partial charge < -0.3 is 10.4 Å². The van der Waals surface area contributed by atoms with Crippen molar-refractivity contribution in [3.8, 4) is 0 Å². The number of hydrogen-bond donors (Lipinski definition) is 3. The number of carbonyl (C=O) groups excluding carboxylic acids is 2. The number of hydrogen-bond acceptors (Lipinski definition) is 4. The van der Waals surface area contributed by atoms with Crippen LogP contribution in [0.4, 0.5) is 4.79 Å². The molecule has 0 radical (unpaired) electrons. The lowest BCUT2D eigenvalue weighted by molar-refractivity contribution is -0.143. The van der Waals surface area contributed by atoms with Gasteiger partial charge in [0.2, 0.25) is 5.91 Å². The third-order valence-corrected chi connectivity index (χ3v) is 4.98. The minimum absolute atomic E-state index is 0. The van der Waals surface area contributed by atoms with Crippen LogP contribution in [0.5, 0.6) is 0 Å². The fourth-order valence-electron chi connectivity index (χ4n) is 3.44. The lowest BCUT2D eigenvalue weighted by atomic mass is 9.86. The minimum Gasteiger partial charge on any atom is -0.481 e. The number of imide groups is 1. The molecule has 0 spiro atoms. The Morgan fingerprint density at radius 3 is 2.29 bits per heavy atom.